The van der Waals surface area contributed by atoms with Gasteiger partial charge in [-0.25, -0.2) is 4.79 Å². The summed E-state index contributed by atoms with van der Waals surface area (Å²) in [4.78, 5) is 22.2. The summed E-state index contributed by atoms with van der Waals surface area (Å²) in [5.74, 6) is -0.932. The summed E-state index contributed by atoms with van der Waals surface area (Å²) >= 11 is 0. The second kappa shape index (κ2) is 5.35. The molecule has 0 aromatic carbocycles. The zero-order valence-electron chi connectivity index (χ0n) is 10.4. The number of hydrogen-bond donors (Lipinski definition) is 3. The predicted molar refractivity (Wildman–Crippen MR) is 61.8 cm³/mol. The third kappa shape index (κ3) is 4.60. The Morgan fingerprint density at radius 1 is 1.41 bits per heavy atom. The SMILES string of the molecule is COC1CC(NC(=O)NC(C)(C)CC(=O)O)C1. The van der Waals surface area contributed by atoms with Crippen LogP contribution in [0.25, 0.3) is 0 Å². The number of carbonyl (C=O) groups is 2. The van der Waals surface area contributed by atoms with Crippen LogP contribution in [0, 0.1) is 0 Å². The van der Waals surface area contributed by atoms with Gasteiger partial charge in [0.15, 0.2) is 0 Å². The molecule has 0 aromatic rings. The maximum atomic E-state index is 11.6. The van der Waals surface area contributed by atoms with Crippen LogP contribution in [-0.2, 0) is 9.53 Å². The van der Waals surface area contributed by atoms with Crippen molar-refractivity contribution in [3.8, 4) is 0 Å². The summed E-state index contributed by atoms with van der Waals surface area (Å²) in [7, 11) is 1.65. The van der Waals surface area contributed by atoms with Gasteiger partial charge in [0, 0.05) is 18.7 Å². The van der Waals surface area contributed by atoms with Crippen molar-refractivity contribution in [2.75, 3.05) is 7.11 Å². The first kappa shape index (κ1) is 13.8. The lowest BCUT2D eigenvalue weighted by atomic mass is 9.89. The fourth-order valence-corrected chi connectivity index (χ4v) is 1.83. The van der Waals surface area contributed by atoms with E-state index < -0.39 is 11.5 Å². The number of nitrogens with one attached hydrogen (secondary N) is 2. The second-order valence-electron chi connectivity index (χ2n) is 5.08. The van der Waals surface area contributed by atoms with E-state index in [-0.39, 0.29) is 24.6 Å². The average Bonchev–Trinajstić information content (AvgIpc) is 2.06. The van der Waals surface area contributed by atoms with Crippen molar-refractivity contribution in [1.82, 2.24) is 10.6 Å². The topological polar surface area (TPSA) is 87.7 Å². The van der Waals surface area contributed by atoms with Gasteiger partial charge >= 0.3 is 12.0 Å². The Morgan fingerprint density at radius 2 is 2.00 bits per heavy atom. The van der Waals surface area contributed by atoms with Crippen molar-refractivity contribution in [3.05, 3.63) is 0 Å². The summed E-state index contributed by atoms with van der Waals surface area (Å²) in [6.07, 6.45) is 1.74. The summed E-state index contributed by atoms with van der Waals surface area (Å²) in [6.45, 7) is 3.36. The number of urea groups is 1. The first-order valence-corrected chi connectivity index (χ1v) is 5.65. The number of carbonyl (C=O) groups excluding carboxylic acids is 1. The predicted octanol–water partition coefficient (Wildman–Crippen LogP) is 0.716. The van der Waals surface area contributed by atoms with Crippen molar-refractivity contribution in [2.24, 2.45) is 0 Å². The number of hydrogen-bond acceptors (Lipinski definition) is 3. The number of amides is 2. The van der Waals surface area contributed by atoms with E-state index in [1.807, 2.05) is 0 Å². The lowest BCUT2D eigenvalue weighted by Gasteiger charge is -2.35. The molecule has 3 N–H and O–H groups in total. The van der Waals surface area contributed by atoms with E-state index in [2.05, 4.69) is 10.6 Å². The van der Waals surface area contributed by atoms with Gasteiger partial charge < -0.3 is 20.5 Å². The van der Waals surface area contributed by atoms with Gasteiger partial charge in [0.25, 0.3) is 0 Å². The molecule has 1 saturated carbocycles. The molecule has 0 aliphatic heterocycles. The summed E-state index contributed by atoms with van der Waals surface area (Å²) in [5, 5.41) is 14.1. The standard InChI is InChI=1S/C11H20N2O4/c1-11(2,6-9(14)15)13-10(16)12-7-4-8(5-7)17-3/h7-8H,4-6H2,1-3H3,(H,14,15)(H2,12,13,16). The zero-order chi connectivity index (χ0) is 13.1. The maximum Gasteiger partial charge on any atom is 0.315 e. The Bertz CT molecular complexity index is 298. The normalized spacial score (nSPS) is 23.7. The quantitative estimate of drug-likeness (QED) is 0.665. The monoisotopic (exact) mass is 244 g/mol. The molecule has 6 heteroatoms. The van der Waals surface area contributed by atoms with Crippen LogP contribution in [0.2, 0.25) is 0 Å². The molecule has 0 radical (unpaired) electrons. The van der Waals surface area contributed by atoms with E-state index in [0.717, 1.165) is 12.8 Å². The second-order valence-corrected chi connectivity index (χ2v) is 5.08. The molecule has 0 bridgehead atoms. The largest absolute Gasteiger partial charge is 0.481 e. The fraction of sp³-hybridized carbons (Fsp3) is 0.818. The molecule has 0 unspecified atom stereocenters. The van der Waals surface area contributed by atoms with Gasteiger partial charge in [-0.05, 0) is 26.7 Å². The van der Waals surface area contributed by atoms with Crippen molar-refractivity contribution < 1.29 is 19.4 Å². The molecule has 0 heterocycles. The van der Waals surface area contributed by atoms with Gasteiger partial charge in [0.1, 0.15) is 0 Å². The highest BCUT2D eigenvalue weighted by Gasteiger charge is 2.31. The van der Waals surface area contributed by atoms with Crippen LogP contribution in [0.5, 0.6) is 0 Å². The zero-order valence-corrected chi connectivity index (χ0v) is 10.4. The molecule has 98 valence electrons. The highest BCUT2D eigenvalue weighted by molar-refractivity contribution is 5.76. The first-order chi connectivity index (χ1) is 7.82. The van der Waals surface area contributed by atoms with Crippen molar-refractivity contribution >= 4 is 12.0 Å². The minimum Gasteiger partial charge on any atom is -0.481 e. The molecule has 0 atom stereocenters. The van der Waals surface area contributed by atoms with Gasteiger partial charge in [0.05, 0.1) is 12.5 Å². The number of rotatable bonds is 5. The van der Waals surface area contributed by atoms with Crippen molar-refractivity contribution in [2.45, 2.75) is 50.8 Å². The van der Waals surface area contributed by atoms with Crippen LogP contribution in [-0.4, -0.2) is 41.9 Å². The summed E-state index contributed by atoms with van der Waals surface area (Å²) in [5.41, 5.74) is -0.750. The average molecular weight is 244 g/mol. The molecule has 2 amide bonds. The van der Waals surface area contributed by atoms with Gasteiger partial charge in [0.2, 0.25) is 0 Å². The molecule has 1 fully saturated rings. The highest BCUT2D eigenvalue weighted by atomic mass is 16.5. The van der Waals surface area contributed by atoms with Gasteiger partial charge in [-0.15, -0.1) is 0 Å². The Morgan fingerprint density at radius 3 is 2.47 bits per heavy atom. The molecule has 1 aliphatic rings. The van der Waals surface area contributed by atoms with Crippen molar-refractivity contribution in [3.63, 3.8) is 0 Å². The van der Waals surface area contributed by atoms with E-state index in [9.17, 15) is 9.59 Å². The van der Waals surface area contributed by atoms with Crippen LogP contribution < -0.4 is 10.6 Å². The molecule has 17 heavy (non-hydrogen) atoms. The van der Waals surface area contributed by atoms with Gasteiger partial charge in [-0.1, -0.05) is 0 Å². The minimum absolute atomic E-state index is 0.105. The molecule has 1 rings (SSSR count). The Labute approximate surface area is 101 Å². The van der Waals surface area contributed by atoms with Crippen LogP contribution in [0.3, 0.4) is 0 Å². The number of aliphatic carboxylic acids is 1. The van der Waals surface area contributed by atoms with E-state index in [1.165, 1.54) is 0 Å². The Hall–Kier alpha value is -1.30. The van der Waals surface area contributed by atoms with Crippen LogP contribution in [0.1, 0.15) is 33.1 Å². The van der Waals surface area contributed by atoms with Crippen LogP contribution >= 0.6 is 0 Å². The fourth-order valence-electron chi connectivity index (χ4n) is 1.83. The van der Waals surface area contributed by atoms with E-state index in [1.54, 1.807) is 21.0 Å². The lowest BCUT2D eigenvalue weighted by molar-refractivity contribution is -0.138. The molecule has 0 spiro atoms. The number of ether oxygens (including phenoxy) is 1. The van der Waals surface area contributed by atoms with E-state index in [4.69, 9.17) is 9.84 Å². The first-order valence-electron chi connectivity index (χ1n) is 5.65. The molecular formula is C11H20N2O4. The molecule has 0 aromatic heterocycles. The molecule has 6 nitrogen and oxygen atoms in total. The highest BCUT2D eigenvalue weighted by Crippen LogP contribution is 2.22. The van der Waals surface area contributed by atoms with Gasteiger partial charge in [-0.2, -0.15) is 0 Å². The third-order valence-corrected chi connectivity index (χ3v) is 2.81. The van der Waals surface area contributed by atoms with Crippen molar-refractivity contribution in [1.29, 1.82) is 0 Å². The summed E-state index contributed by atoms with van der Waals surface area (Å²) < 4.78 is 5.10. The van der Waals surface area contributed by atoms with Crippen LogP contribution in [0.4, 0.5) is 4.79 Å². The van der Waals surface area contributed by atoms with Crippen LogP contribution in [0.15, 0.2) is 0 Å². The Balaban J connectivity index is 2.27. The summed E-state index contributed by atoms with van der Waals surface area (Å²) in [6, 6.07) is -0.198. The molecular weight excluding hydrogens is 224 g/mol. The maximum absolute atomic E-state index is 11.6. The number of carboxylic acid groups (broad SMARTS) is 1. The van der Waals surface area contributed by atoms with E-state index >= 15 is 0 Å². The number of methoxy groups -OCH3 is 1. The Kier molecular flexibility index (Phi) is 4.34. The van der Waals surface area contributed by atoms with Gasteiger partial charge in [-0.3, -0.25) is 4.79 Å². The minimum atomic E-state index is -0.932. The number of carboxylic acids is 1. The smallest absolute Gasteiger partial charge is 0.315 e. The third-order valence-electron chi connectivity index (χ3n) is 2.81. The molecule has 1 aliphatic carbocycles. The molecule has 0 saturated heterocycles. The lowest BCUT2D eigenvalue weighted by Crippen LogP contribution is -2.55. The van der Waals surface area contributed by atoms with E-state index in [0.29, 0.717) is 0 Å².